The molecule has 112 valence electrons. The van der Waals surface area contributed by atoms with Crippen LogP contribution in [0.2, 0.25) is 5.02 Å². The smallest absolute Gasteiger partial charge is 0.265 e. The molecule has 1 unspecified atom stereocenters. The molecule has 2 aromatic carbocycles. The van der Waals surface area contributed by atoms with E-state index in [-0.39, 0.29) is 10.8 Å². The van der Waals surface area contributed by atoms with Gasteiger partial charge < -0.3 is 10.1 Å². The molecule has 0 heterocycles. The number of benzene rings is 2. The van der Waals surface area contributed by atoms with E-state index in [4.69, 9.17) is 21.6 Å². The van der Waals surface area contributed by atoms with E-state index >= 15 is 0 Å². The highest BCUT2D eigenvalue weighted by Gasteiger charge is 2.16. The molecular weight excluding hydrogens is 307 g/mol. The van der Waals surface area contributed by atoms with Crippen LogP contribution in [-0.4, -0.2) is 12.0 Å². The lowest BCUT2D eigenvalue weighted by molar-refractivity contribution is -0.122. The summed E-state index contributed by atoms with van der Waals surface area (Å²) in [6.07, 6.45) is -0.839. The molecule has 0 aliphatic rings. The second-order valence-electron chi connectivity index (χ2n) is 4.52. The molecule has 0 radical (unpaired) electrons. The van der Waals surface area contributed by atoms with Gasteiger partial charge in [-0.05, 0) is 43.3 Å². The van der Waals surface area contributed by atoms with Crippen LogP contribution in [0.4, 0.5) is 10.1 Å². The molecule has 0 fully saturated rings. The van der Waals surface area contributed by atoms with E-state index in [1.54, 1.807) is 31.2 Å². The summed E-state index contributed by atoms with van der Waals surface area (Å²) in [7, 11) is 0. The first kappa shape index (κ1) is 15.8. The maximum absolute atomic E-state index is 13.0. The Morgan fingerprint density at radius 2 is 2.14 bits per heavy atom. The minimum absolute atomic E-state index is 0.0890. The number of carbonyl (C=O) groups is 1. The van der Waals surface area contributed by atoms with Gasteiger partial charge in [0, 0.05) is 5.69 Å². The van der Waals surface area contributed by atoms with E-state index in [9.17, 15) is 9.18 Å². The fourth-order valence-corrected chi connectivity index (χ4v) is 1.94. The first-order valence-corrected chi connectivity index (χ1v) is 6.80. The largest absolute Gasteiger partial charge is 0.479 e. The van der Waals surface area contributed by atoms with Gasteiger partial charge >= 0.3 is 0 Å². The maximum atomic E-state index is 13.0. The normalized spacial score (nSPS) is 11.4. The molecule has 0 saturated carbocycles. The minimum atomic E-state index is -0.839. The Bertz CT molecular complexity index is 743. The highest BCUT2D eigenvalue weighted by Crippen LogP contribution is 2.26. The summed E-state index contributed by atoms with van der Waals surface area (Å²) in [6, 6.07) is 12.2. The third kappa shape index (κ3) is 3.96. The Hall–Kier alpha value is -2.58. The predicted molar refractivity (Wildman–Crippen MR) is 81.3 cm³/mol. The second kappa shape index (κ2) is 6.92. The van der Waals surface area contributed by atoms with Gasteiger partial charge in [-0.15, -0.1) is 0 Å². The third-order valence-corrected chi connectivity index (χ3v) is 3.12. The quantitative estimate of drug-likeness (QED) is 0.933. The third-order valence-electron chi connectivity index (χ3n) is 2.83. The number of carbonyl (C=O) groups excluding carboxylic acids is 1. The average Bonchev–Trinajstić information content (AvgIpc) is 2.50. The first-order valence-electron chi connectivity index (χ1n) is 6.42. The van der Waals surface area contributed by atoms with Crippen LogP contribution in [0.3, 0.4) is 0 Å². The standard InChI is InChI=1S/C16H12ClFN2O2/c1-10(22-15-6-5-12(18)8-14(15)17)16(21)20-13-4-2-3-11(7-13)9-19/h2-8,10H,1H3,(H,20,21). The van der Waals surface area contributed by atoms with Crippen molar-refractivity contribution < 1.29 is 13.9 Å². The number of hydrogen-bond donors (Lipinski definition) is 1. The highest BCUT2D eigenvalue weighted by atomic mass is 35.5. The van der Waals surface area contributed by atoms with Gasteiger partial charge in [-0.25, -0.2) is 4.39 Å². The van der Waals surface area contributed by atoms with E-state index in [1.165, 1.54) is 12.1 Å². The number of amides is 1. The fraction of sp³-hybridized carbons (Fsp3) is 0.125. The molecule has 6 heteroatoms. The van der Waals surface area contributed by atoms with Gasteiger partial charge in [-0.2, -0.15) is 5.26 Å². The summed E-state index contributed by atoms with van der Waals surface area (Å²) in [5, 5.41) is 11.5. The zero-order valence-electron chi connectivity index (χ0n) is 11.6. The van der Waals surface area contributed by atoms with Crippen molar-refractivity contribution in [3.05, 3.63) is 58.9 Å². The van der Waals surface area contributed by atoms with Gasteiger partial charge in [0.15, 0.2) is 6.10 Å². The molecule has 22 heavy (non-hydrogen) atoms. The molecule has 0 aromatic heterocycles. The van der Waals surface area contributed by atoms with Gasteiger partial charge in [0.25, 0.3) is 5.91 Å². The summed E-state index contributed by atoms with van der Waals surface area (Å²) in [5.74, 6) is -0.672. The van der Waals surface area contributed by atoms with Crippen molar-refractivity contribution in [3.63, 3.8) is 0 Å². The number of hydrogen-bond acceptors (Lipinski definition) is 3. The van der Waals surface area contributed by atoms with Crippen molar-refractivity contribution in [2.24, 2.45) is 0 Å². The van der Waals surface area contributed by atoms with Crippen LogP contribution in [0.1, 0.15) is 12.5 Å². The lowest BCUT2D eigenvalue weighted by Gasteiger charge is -2.15. The van der Waals surface area contributed by atoms with Crippen molar-refractivity contribution in [2.45, 2.75) is 13.0 Å². The van der Waals surface area contributed by atoms with Crippen LogP contribution < -0.4 is 10.1 Å². The Morgan fingerprint density at radius 3 is 2.82 bits per heavy atom. The summed E-state index contributed by atoms with van der Waals surface area (Å²) in [6.45, 7) is 1.54. The molecule has 0 saturated heterocycles. The SMILES string of the molecule is CC(Oc1ccc(F)cc1Cl)C(=O)Nc1cccc(C#N)c1. The lowest BCUT2D eigenvalue weighted by atomic mass is 10.2. The number of nitrogens with zero attached hydrogens (tertiary/aromatic N) is 1. The molecule has 2 rings (SSSR count). The number of rotatable bonds is 4. The Morgan fingerprint density at radius 1 is 1.36 bits per heavy atom. The molecule has 1 N–H and O–H groups in total. The molecule has 0 spiro atoms. The predicted octanol–water partition coefficient (Wildman–Crippen LogP) is 3.76. The van der Waals surface area contributed by atoms with Gasteiger partial charge in [0.2, 0.25) is 0 Å². The number of ether oxygens (including phenoxy) is 1. The molecule has 4 nitrogen and oxygen atoms in total. The van der Waals surface area contributed by atoms with Crippen LogP contribution >= 0.6 is 11.6 Å². The second-order valence-corrected chi connectivity index (χ2v) is 4.92. The summed E-state index contributed by atoms with van der Waals surface area (Å²) < 4.78 is 18.4. The van der Waals surface area contributed by atoms with Crippen LogP contribution in [0.5, 0.6) is 5.75 Å². The molecule has 0 aliphatic heterocycles. The Labute approximate surface area is 132 Å². The fourth-order valence-electron chi connectivity index (χ4n) is 1.73. The van der Waals surface area contributed by atoms with Crippen molar-refractivity contribution in [3.8, 4) is 11.8 Å². The summed E-state index contributed by atoms with van der Waals surface area (Å²) in [4.78, 5) is 12.1. The number of halogens is 2. The number of anilines is 1. The zero-order chi connectivity index (χ0) is 16.1. The molecule has 1 amide bonds. The van der Waals surface area contributed by atoms with Crippen molar-refractivity contribution in [2.75, 3.05) is 5.32 Å². The van der Waals surface area contributed by atoms with Gasteiger partial charge in [0.05, 0.1) is 16.7 Å². The van der Waals surface area contributed by atoms with Gasteiger partial charge in [-0.3, -0.25) is 4.79 Å². The number of nitriles is 1. The topological polar surface area (TPSA) is 62.1 Å². The molecular formula is C16H12ClFN2O2. The van der Waals surface area contributed by atoms with Crippen LogP contribution in [0, 0.1) is 17.1 Å². The molecule has 0 aliphatic carbocycles. The highest BCUT2D eigenvalue weighted by molar-refractivity contribution is 6.32. The van der Waals surface area contributed by atoms with Crippen molar-refractivity contribution in [1.29, 1.82) is 5.26 Å². The van der Waals surface area contributed by atoms with Crippen LogP contribution in [0.25, 0.3) is 0 Å². The first-order chi connectivity index (χ1) is 10.5. The van der Waals surface area contributed by atoms with E-state index in [0.717, 1.165) is 6.07 Å². The Balaban J connectivity index is 2.04. The molecule has 1 atom stereocenters. The average molecular weight is 319 g/mol. The van der Waals surface area contributed by atoms with Gasteiger partial charge in [0.1, 0.15) is 11.6 Å². The number of nitrogens with one attached hydrogen (secondary N) is 1. The van der Waals surface area contributed by atoms with E-state index in [1.807, 2.05) is 6.07 Å². The van der Waals surface area contributed by atoms with E-state index < -0.39 is 17.8 Å². The molecule has 0 bridgehead atoms. The summed E-state index contributed by atoms with van der Waals surface area (Å²) >= 11 is 5.85. The van der Waals surface area contributed by atoms with Crippen molar-refractivity contribution >= 4 is 23.2 Å². The zero-order valence-corrected chi connectivity index (χ0v) is 12.4. The lowest BCUT2D eigenvalue weighted by Crippen LogP contribution is -2.30. The monoisotopic (exact) mass is 318 g/mol. The maximum Gasteiger partial charge on any atom is 0.265 e. The van der Waals surface area contributed by atoms with Crippen LogP contribution in [-0.2, 0) is 4.79 Å². The molecule has 2 aromatic rings. The summed E-state index contributed by atoms with van der Waals surface area (Å²) in [5.41, 5.74) is 0.928. The van der Waals surface area contributed by atoms with E-state index in [0.29, 0.717) is 11.3 Å². The minimum Gasteiger partial charge on any atom is -0.479 e. The van der Waals surface area contributed by atoms with E-state index in [2.05, 4.69) is 5.32 Å². The van der Waals surface area contributed by atoms with Gasteiger partial charge in [-0.1, -0.05) is 17.7 Å². The Kier molecular flexibility index (Phi) is 4.97. The van der Waals surface area contributed by atoms with Crippen molar-refractivity contribution in [1.82, 2.24) is 0 Å². The van der Waals surface area contributed by atoms with Crippen LogP contribution in [0.15, 0.2) is 42.5 Å².